The van der Waals surface area contributed by atoms with Crippen molar-refractivity contribution < 1.29 is 14.7 Å². The van der Waals surface area contributed by atoms with Gasteiger partial charge in [-0.3, -0.25) is 14.7 Å². The number of nitrogens with zero attached hydrogens (tertiary/aromatic N) is 1. The molecule has 6 nitrogen and oxygen atoms in total. The molecule has 0 bridgehead atoms. The van der Waals surface area contributed by atoms with Crippen molar-refractivity contribution in [3.63, 3.8) is 0 Å². The van der Waals surface area contributed by atoms with E-state index < -0.39 is 5.97 Å². The Labute approximate surface area is 109 Å². The summed E-state index contributed by atoms with van der Waals surface area (Å²) in [4.78, 5) is 22.7. The van der Waals surface area contributed by atoms with Crippen LogP contribution in [0.5, 0.6) is 0 Å². The minimum atomic E-state index is -0.919. The van der Waals surface area contributed by atoms with Crippen molar-refractivity contribution in [2.24, 2.45) is 0 Å². The number of aromatic nitrogens is 2. The first kappa shape index (κ1) is 13.1. The molecule has 2 aromatic rings. The molecule has 19 heavy (non-hydrogen) atoms. The number of fused-ring (bicyclic) bond motifs is 1. The lowest BCUT2D eigenvalue weighted by Gasteiger charge is -2.14. The number of carbonyl (C=O) groups is 2. The molecule has 0 saturated heterocycles. The van der Waals surface area contributed by atoms with Crippen molar-refractivity contribution in [3.8, 4) is 0 Å². The minimum absolute atomic E-state index is 0.0732. The van der Waals surface area contributed by atoms with Crippen molar-refractivity contribution in [2.45, 2.75) is 25.8 Å². The lowest BCUT2D eigenvalue weighted by molar-refractivity contribution is -0.137. The Bertz CT molecular complexity index is 606. The summed E-state index contributed by atoms with van der Waals surface area (Å²) in [6, 6.07) is 4.82. The molecule has 100 valence electrons. The van der Waals surface area contributed by atoms with Crippen LogP contribution in [-0.2, 0) is 4.79 Å². The number of hydrogen-bond acceptors (Lipinski definition) is 3. The number of amides is 1. The first-order valence-electron chi connectivity index (χ1n) is 6.06. The van der Waals surface area contributed by atoms with Gasteiger partial charge in [-0.15, -0.1) is 0 Å². The van der Waals surface area contributed by atoms with Crippen LogP contribution in [0.3, 0.4) is 0 Å². The Morgan fingerprint density at radius 1 is 1.47 bits per heavy atom. The highest BCUT2D eigenvalue weighted by molar-refractivity contribution is 5.98. The van der Waals surface area contributed by atoms with E-state index in [2.05, 4.69) is 15.5 Å². The van der Waals surface area contributed by atoms with Crippen LogP contribution in [0.4, 0.5) is 0 Å². The summed E-state index contributed by atoms with van der Waals surface area (Å²) in [7, 11) is 0. The van der Waals surface area contributed by atoms with Crippen molar-refractivity contribution in [2.75, 3.05) is 0 Å². The average Bonchev–Trinajstić information content (AvgIpc) is 2.84. The van der Waals surface area contributed by atoms with Crippen molar-refractivity contribution >= 4 is 22.8 Å². The fourth-order valence-corrected chi connectivity index (χ4v) is 1.86. The third kappa shape index (κ3) is 3.09. The summed E-state index contributed by atoms with van der Waals surface area (Å²) in [5.41, 5.74) is 1.35. The maximum absolute atomic E-state index is 12.0. The number of benzene rings is 1. The molecular formula is C13H15N3O3. The minimum Gasteiger partial charge on any atom is -0.481 e. The predicted molar refractivity (Wildman–Crippen MR) is 69.9 cm³/mol. The lowest BCUT2D eigenvalue weighted by atomic mass is 10.1. The molecule has 1 unspecified atom stereocenters. The molecule has 0 radical (unpaired) electrons. The van der Waals surface area contributed by atoms with E-state index in [-0.39, 0.29) is 18.4 Å². The van der Waals surface area contributed by atoms with Crippen molar-refractivity contribution in [1.29, 1.82) is 0 Å². The molecule has 0 fully saturated rings. The molecule has 1 heterocycles. The summed E-state index contributed by atoms with van der Waals surface area (Å²) in [5, 5.41) is 19.0. The van der Waals surface area contributed by atoms with Gasteiger partial charge in [-0.2, -0.15) is 5.10 Å². The number of H-pyrrole nitrogens is 1. The second kappa shape index (κ2) is 5.51. The van der Waals surface area contributed by atoms with E-state index in [1.165, 1.54) is 0 Å². The van der Waals surface area contributed by atoms with Crippen LogP contribution in [0.15, 0.2) is 24.4 Å². The van der Waals surface area contributed by atoms with E-state index in [1.54, 1.807) is 24.4 Å². The zero-order chi connectivity index (χ0) is 13.8. The Morgan fingerprint density at radius 2 is 2.26 bits per heavy atom. The van der Waals surface area contributed by atoms with Crippen LogP contribution in [0.1, 0.15) is 30.1 Å². The molecule has 1 aromatic carbocycles. The molecule has 0 saturated carbocycles. The van der Waals surface area contributed by atoms with Crippen molar-refractivity contribution in [1.82, 2.24) is 15.5 Å². The summed E-state index contributed by atoms with van der Waals surface area (Å²) in [6.45, 7) is 1.84. The van der Waals surface area contributed by atoms with Crippen molar-refractivity contribution in [3.05, 3.63) is 30.0 Å². The van der Waals surface area contributed by atoms with E-state index >= 15 is 0 Å². The number of nitrogens with one attached hydrogen (secondary N) is 2. The van der Waals surface area contributed by atoms with E-state index in [4.69, 9.17) is 5.11 Å². The molecular weight excluding hydrogens is 246 g/mol. The quantitative estimate of drug-likeness (QED) is 0.760. The van der Waals surface area contributed by atoms with Crippen LogP contribution in [-0.4, -0.2) is 33.2 Å². The Kier molecular flexibility index (Phi) is 3.79. The number of carboxylic acids is 1. The first-order chi connectivity index (χ1) is 9.10. The smallest absolute Gasteiger partial charge is 0.305 e. The van der Waals surface area contributed by atoms with Gasteiger partial charge in [0.15, 0.2) is 0 Å². The standard InChI is InChI=1S/C13H15N3O3/c1-2-10(6-12(17)18)15-13(19)8-3-4-11-9(5-8)7-14-16-11/h3-5,7,10H,2,6H2,1H3,(H,14,16)(H,15,19)(H,17,18). The molecule has 0 aliphatic heterocycles. The fraction of sp³-hybridized carbons (Fsp3) is 0.308. The van der Waals surface area contributed by atoms with E-state index in [0.717, 1.165) is 10.9 Å². The zero-order valence-electron chi connectivity index (χ0n) is 10.5. The Morgan fingerprint density at radius 3 is 2.95 bits per heavy atom. The van der Waals surface area contributed by atoms with Gasteiger partial charge < -0.3 is 10.4 Å². The molecule has 0 aliphatic rings. The second-order valence-electron chi connectivity index (χ2n) is 4.35. The van der Waals surface area contributed by atoms with E-state index in [1.807, 2.05) is 6.92 Å². The third-order valence-electron chi connectivity index (χ3n) is 2.95. The fourth-order valence-electron chi connectivity index (χ4n) is 1.86. The van der Waals surface area contributed by atoms with E-state index in [9.17, 15) is 9.59 Å². The van der Waals surface area contributed by atoms with Crippen LogP contribution in [0.25, 0.3) is 10.9 Å². The van der Waals surface area contributed by atoms with Crippen LogP contribution in [0.2, 0.25) is 0 Å². The largest absolute Gasteiger partial charge is 0.481 e. The maximum atomic E-state index is 12.0. The number of rotatable bonds is 5. The normalized spacial score (nSPS) is 12.3. The van der Waals surface area contributed by atoms with Crippen LogP contribution >= 0.6 is 0 Å². The van der Waals surface area contributed by atoms with Gasteiger partial charge in [-0.05, 0) is 24.6 Å². The van der Waals surface area contributed by atoms with Gasteiger partial charge in [0.25, 0.3) is 5.91 Å². The van der Waals surface area contributed by atoms with Gasteiger partial charge in [0.2, 0.25) is 0 Å². The highest BCUT2D eigenvalue weighted by Gasteiger charge is 2.15. The van der Waals surface area contributed by atoms with Gasteiger partial charge in [0.05, 0.1) is 18.1 Å². The molecule has 2 rings (SSSR count). The highest BCUT2D eigenvalue weighted by atomic mass is 16.4. The number of carboxylic acid groups (broad SMARTS) is 1. The Balaban J connectivity index is 2.11. The summed E-state index contributed by atoms with van der Waals surface area (Å²) >= 11 is 0. The summed E-state index contributed by atoms with van der Waals surface area (Å²) in [5.74, 6) is -1.19. The monoisotopic (exact) mass is 261 g/mol. The number of carbonyl (C=O) groups excluding carboxylic acids is 1. The summed E-state index contributed by atoms with van der Waals surface area (Å²) < 4.78 is 0. The predicted octanol–water partition coefficient (Wildman–Crippen LogP) is 1.55. The summed E-state index contributed by atoms with van der Waals surface area (Å²) in [6.07, 6.45) is 2.14. The lowest BCUT2D eigenvalue weighted by Crippen LogP contribution is -2.35. The molecule has 6 heteroatoms. The van der Waals surface area contributed by atoms with Crippen LogP contribution < -0.4 is 5.32 Å². The maximum Gasteiger partial charge on any atom is 0.305 e. The van der Waals surface area contributed by atoms with E-state index in [0.29, 0.717) is 12.0 Å². The Hall–Kier alpha value is -2.37. The highest BCUT2D eigenvalue weighted by Crippen LogP contribution is 2.13. The number of aliphatic carboxylic acids is 1. The zero-order valence-corrected chi connectivity index (χ0v) is 10.5. The molecule has 1 aromatic heterocycles. The van der Waals surface area contributed by atoms with Gasteiger partial charge in [-0.25, -0.2) is 0 Å². The number of aromatic amines is 1. The number of hydrogen-bond donors (Lipinski definition) is 3. The molecule has 1 atom stereocenters. The van der Waals surface area contributed by atoms with Gasteiger partial charge in [-0.1, -0.05) is 6.92 Å². The SMILES string of the molecule is CCC(CC(=O)O)NC(=O)c1ccc2[nH]ncc2c1. The van der Waals surface area contributed by atoms with Gasteiger partial charge in [0.1, 0.15) is 0 Å². The third-order valence-corrected chi connectivity index (χ3v) is 2.95. The molecule has 0 spiro atoms. The second-order valence-corrected chi connectivity index (χ2v) is 4.35. The molecule has 3 N–H and O–H groups in total. The molecule has 0 aliphatic carbocycles. The first-order valence-corrected chi connectivity index (χ1v) is 6.06. The average molecular weight is 261 g/mol. The molecule has 1 amide bonds. The van der Waals surface area contributed by atoms with Gasteiger partial charge in [0, 0.05) is 17.0 Å². The van der Waals surface area contributed by atoms with Gasteiger partial charge >= 0.3 is 5.97 Å². The topological polar surface area (TPSA) is 95.1 Å². The van der Waals surface area contributed by atoms with Crippen LogP contribution in [0, 0.1) is 0 Å².